The van der Waals surface area contributed by atoms with Gasteiger partial charge in [0, 0.05) is 79.6 Å². The summed E-state index contributed by atoms with van der Waals surface area (Å²) in [6.45, 7) is 7.22. The summed E-state index contributed by atoms with van der Waals surface area (Å²) in [7, 11) is -2.64. The van der Waals surface area contributed by atoms with Crippen molar-refractivity contribution in [2.45, 2.75) is 30.0 Å². The molecule has 9 aromatic carbocycles. The topological polar surface area (TPSA) is 71.7 Å². The molecule has 14 aromatic rings. The zero-order valence-electron chi connectivity index (χ0n) is 45.2. The summed E-state index contributed by atoms with van der Waals surface area (Å²) < 4.78 is 20.4. The Hall–Kier alpha value is -9.15. The lowest BCUT2D eigenvalue weighted by Gasteiger charge is -2.33. The van der Waals surface area contributed by atoms with Gasteiger partial charge in [0.1, 0.15) is 16.7 Å². The SMILES string of the molecule is C[Si](C)(C)c1ccc(N(c2ccc3c(c2)C2(c4ccccc4-c4ccccc42)c2cc(N(c4ccc(S(C)(C)C)cc4)c4ccc5c(c4)oc4ncccc45)c4oc5ccccc5c4c2-3)c2ccc3c(c2)oc2ncccc23)cc1. The van der Waals surface area contributed by atoms with E-state index < -0.39 is 23.5 Å². The number of furan rings is 3. The van der Waals surface area contributed by atoms with Gasteiger partial charge in [-0.1, -0.05) is 110 Å². The molecule has 0 aliphatic heterocycles. The van der Waals surface area contributed by atoms with Gasteiger partial charge in [0.05, 0.1) is 24.9 Å². The molecule has 0 unspecified atom stereocenters. The van der Waals surface area contributed by atoms with Crippen molar-refractivity contribution in [1.29, 1.82) is 0 Å². The van der Waals surface area contributed by atoms with Crippen LogP contribution >= 0.6 is 10.0 Å². The van der Waals surface area contributed by atoms with Crippen molar-refractivity contribution in [3.8, 4) is 22.3 Å². The molecule has 0 fully saturated rings. The fraction of sp³-hybridized carbons (Fsp3) is 0.0986. The number of para-hydroxylation sites is 1. The summed E-state index contributed by atoms with van der Waals surface area (Å²) in [5, 5.41) is 7.60. The Morgan fingerprint density at radius 3 is 1.56 bits per heavy atom. The second-order valence-corrected chi connectivity index (χ2v) is 32.5. The van der Waals surface area contributed by atoms with Crippen LogP contribution < -0.4 is 15.0 Å². The van der Waals surface area contributed by atoms with E-state index in [0.717, 1.165) is 88.8 Å². The number of fused-ring (bicyclic) bond motifs is 20. The Labute approximate surface area is 465 Å². The molecule has 0 atom stereocenters. The summed E-state index contributed by atoms with van der Waals surface area (Å²) in [4.78, 5) is 15.4. The largest absolute Gasteiger partial charge is 0.454 e. The molecule has 5 aromatic heterocycles. The van der Waals surface area contributed by atoms with Crippen molar-refractivity contribution < 1.29 is 13.3 Å². The van der Waals surface area contributed by atoms with Crippen LogP contribution in [0.15, 0.2) is 237 Å². The van der Waals surface area contributed by atoms with Crippen molar-refractivity contribution in [2.75, 3.05) is 28.6 Å². The highest BCUT2D eigenvalue weighted by Crippen LogP contribution is 2.66. The minimum atomic E-state index is -1.63. The molecule has 2 aliphatic rings. The van der Waals surface area contributed by atoms with Crippen LogP contribution in [-0.4, -0.2) is 36.8 Å². The lowest BCUT2D eigenvalue weighted by Crippen LogP contribution is -2.37. The van der Waals surface area contributed by atoms with Crippen molar-refractivity contribution in [3.05, 3.63) is 241 Å². The molecular weight excluding hydrogens is 1020 g/mol. The fourth-order valence-electron chi connectivity index (χ4n) is 13.2. The highest BCUT2D eigenvalue weighted by atomic mass is 32.3. The number of rotatable bonds is 8. The molecule has 0 amide bonds. The van der Waals surface area contributed by atoms with E-state index in [1.807, 2.05) is 12.1 Å². The van der Waals surface area contributed by atoms with E-state index >= 15 is 0 Å². The zero-order valence-corrected chi connectivity index (χ0v) is 47.0. The first-order chi connectivity index (χ1) is 38.9. The number of anilines is 6. The smallest absolute Gasteiger partial charge is 0.227 e. The molecule has 0 bridgehead atoms. The molecule has 0 saturated carbocycles. The molecule has 1 spiro atoms. The number of pyridine rings is 2. The van der Waals surface area contributed by atoms with Crippen LogP contribution in [-0.2, 0) is 5.41 Å². The molecule has 80 heavy (non-hydrogen) atoms. The number of nitrogens with zero attached hydrogens (tertiary/aromatic N) is 4. The standard InChI is InChI=1S/C71H54N4O3SSi/c1-79(2,3)48-30-23-44(24-31-48)75(47-28-35-53-55-19-14-38-73-70(55)78-65(53)41-47)62-42-61-66(67-57-17-9-12-22-63(57)76-68(62)67)56-36-29-45(39-60(56)71(61)58-20-10-7-15-50(58)51-16-8-11-21-59(51)71)74(43-25-32-49(33-26-43)80(4,5)6)46-27-34-52-54-18-13-37-72-69(54)77-64(52)40-46/h7-42H,1-6H3. The number of benzene rings is 9. The summed E-state index contributed by atoms with van der Waals surface area (Å²) >= 11 is 0. The molecule has 9 heteroatoms. The fourth-order valence-corrected chi connectivity index (χ4v) is 15.4. The minimum Gasteiger partial charge on any atom is -0.454 e. The third kappa shape index (κ3) is 6.74. The molecule has 0 saturated heterocycles. The van der Waals surface area contributed by atoms with Gasteiger partial charge in [0.15, 0.2) is 5.58 Å². The molecule has 0 radical (unpaired) electrons. The van der Waals surface area contributed by atoms with E-state index in [0.29, 0.717) is 11.4 Å². The predicted octanol–water partition coefficient (Wildman–Crippen LogP) is 19.1. The highest BCUT2D eigenvalue weighted by Gasteiger charge is 2.53. The van der Waals surface area contributed by atoms with Crippen molar-refractivity contribution in [2.24, 2.45) is 0 Å². The van der Waals surface area contributed by atoms with Gasteiger partial charge in [0.25, 0.3) is 0 Å². The third-order valence-corrected chi connectivity index (χ3v) is 20.7. The lowest BCUT2D eigenvalue weighted by molar-refractivity contribution is 0.653. The quantitative estimate of drug-likeness (QED) is 0.140. The number of aromatic nitrogens is 2. The van der Waals surface area contributed by atoms with E-state index in [2.05, 4.69) is 252 Å². The molecule has 0 N–H and O–H groups in total. The Morgan fingerprint density at radius 2 is 0.938 bits per heavy atom. The maximum Gasteiger partial charge on any atom is 0.227 e. The van der Waals surface area contributed by atoms with E-state index in [1.54, 1.807) is 12.4 Å². The Kier molecular flexibility index (Phi) is 9.92. The van der Waals surface area contributed by atoms with Gasteiger partial charge in [-0.05, 0) is 177 Å². The molecule has 5 heterocycles. The summed E-state index contributed by atoms with van der Waals surface area (Å²) in [6, 6.07) is 76.0. The van der Waals surface area contributed by atoms with Gasteiger partial charge in [-0.25, -0.2) is 20.0 Å². The molecule has 386 valence electrons. The minimum absolute atomic E-state index is 0.619. The highest BCUT2D eigenvalue weighted by molar-refractivity contribution is 8.32. The third-order valence-electron chi connectivity index (χ3n) is 16.9. The number of hydrogen-bond acceptors (Lipinski definition) is 7. The van der Waals surface area contributed by atoms with Gasteiger partial charge < -0.3 is 23.1 Å². The van der Waals surface area contributed by atoms with E-state index in [-0.39, 0.29) is 0 Å². The average molecular weight is 1070 g/mol. The van der Waals surface area contributed by atoms with Crippen LogP contribution in [0.1, 0.15) is 22.3 Å². The maximum atomic E-state index is 7.33. The van der Waals surface area contributed by atoms with Crippen LogP contribution in [0.2, 0.25) is 19.6 Å². The second kappa shape index (κ2) is 16.9. The van der Waals surface area contributed by atoms with Gasteiger partial charge in [-0.2, -0.15) is 0 Å². The van der Waals surface area contributed by atoms with Crippen molar-refractivity contribution in [3.63, 3.8) is 0 Å². The van der Waals surface area contributed by atoms with E-state index in [9.17, 15) is 0 Å². The average Bonchev–Trinajstić information content (AvgIpc) is 4.13. The molecule has 2 aliphatic carbocycles. The Balaban J connectivity index is 1.00. The normalized spacial score (nSPS) is 13.7. The lowest BCUT2D eigenvalue weighted by atomic mass is 9.70. The maximum absolute atomic E-state index is 7.33. The summed E-state index contributed by atoms with van der Waals surface area (Å²) in [5.74, 6) is 0. The van der Waals surface area contributed by atoms with Gasteiger partial charge >= 0.3 is 0 Å². The van der Waals surface area contributed by atoms with Gasteiger partial charge in [0.2, 0.25) is 11.4 Å². The first-order valence-electron chi connectivity index (χ1n) is 27.3. The van der Waals surface area contributed by atoms with Crippen molar-refractivity contribution in [1.82, 2.24) is 9.97 Å². The first-order valence-corrected chi connectivity index (χ1v) is 33.6. The molecule has 16 rings (SSSR count). The van der Waals surface area contributed by atoms with Crippen molar-refractivity contribution >= 4 is 123 Å². The zero-order chi connectivity index (χ0) is 53.8. The van der Waals surface area contributed by atoms with Crippen LogP contribution in [0.4, 0.5) is 34.1 Å². The first kappa shape index (κ1) is 46.9. The molecular formula is C71H54N4O3SSi. The van der Waals surface area contributed by atoms with E-state index in [1.165, 1.54) is 54.6 Å². The monoisotopic (exact) mass is 1070 g/mol. The Morgan fingerprint density at radius 1 is 0.412 bits per heavy atom. The van der Waals surface area contributed by atoms with Gasteiger partial charge in [-0.3, -0.25) is 0 Å². The second-order valence-electron chi connectivity index (χ2n) is 23.3. The summed E-state index contributed by atoms with van der Waals surface area (Å²) in [5.41, 5.74) is 19.4. The van der Waals surface area contributed by atoms with Gasteiger partial charge in [-0.15, -0.1) is 0 Å². The van der Waals surface area contributed by atoms with Crippen LogP contribution in [0.25, 0.3) is 88.3 Å². The summed E-state index contributed by atoms with van der Waals surface area (Å²) in [6.07, 6.45) is 10.6. The predicted molar refractivity (Wildman–Crippen MR) is 336 cm³/mol. The van der Waals surface area contributed by atoms with Crippen LogP contribution in [0.3, 0.4) is 0 Å². The Bertz CT molecular complexity index is 4840. The number of hydrogen-bond donors (Lipinski definition) is 0. The van der Waals surface area contributed by atoms with Crippen LogP contribution in [0, 0.1) is 0 Å². The van der Waals surface area contributed by atoms with E-state index in [4.69, 9.17) is 13.3 Å². The molecule has 7 nitrogen and oxygen atoms in total. The van der Waals surface area contributed by atoms with Crippen LogP contribution in [0.5, 0.6) is 0 Å².